The summed E-state index contributed by atoms with van der Waals surface area (Å²) in [6.45, 7) is -0.874. The normalized spacial score (nSPS) is 10.9. The minimum absolute atomic E-state index is 0.246. The second-order valence-corrected chi connectivity index (χ2v) is 2.75. The Balaban J connectivity index is 2.41. The summed E-state index contributed by atoms with van der Waals surface area (Å²) >= 11 is 0. The predicted octanol–water partition coefficient (Wildman–Crippen LogP) is 2.47. The first-order valence-electron chi connectivity index (χ1n) is 4.35. The highest BCUT2D eigenvalue weighted by atomic mass is 19.4. The van der Waals surface area contributed by atoms with Crippen LogP contribution in [-0.2, 0) is 4.74 Å². The van der Waals surface area contributed by atoms with Gasteiger partial charge in [0.1, 0.15) is 18.4 Å². The van der Waals surface area contributed by atoms with Gasteiger partial charge >= 0.3 is 6.36 Å². The van der Waals surface area contributed by atoms with Crippen molar-refractivity contribution in [3.63, 3.8) is 0 Å². The van der Waals surface area contributed by atoms with Crippen LogP contribution in [0.5, 0.6) is 5.75 Å². The van der Waals surface area contributed by atoms with Crippen molar-refractivity contribution in [1.29, 1.82) is 5.26 Å². The van der Waals surface area contributed by atoms with Crippen LogP contribution in [0.25, 0.3) is 0 Å². The van der Waals surface area contributed by atoms with E-state index in [4.69, 9.17) is 10.00 Å². The molecule has 0 unspecified atom stereocenters. The van der Waals surface area contributed by atoms with Crippen LogP contribution in [0.15, 0.2) is 24.3 Å². The SMILES string of the molecule is N#Cc1ccccc1OCCOC(F)(F)F. The number of alkyl halides is 3. The smallest absolute Gasteiger partial charge is 0.490 e. The molecular weight excluding hydrogens is 223 g/mol. The lowest BCUT2D eigenvalue weighted by molar-refractivity contribution is -0.325. The number of hydrogen-bond acceptors (Lipinski definition) is 3. The van der Waals surface area contributed by atoms with Crippen molar-refractivity contribution in [2.24, 2.45) is 0 Å². The molecule has 0 aromatic heterocycles. The molecule has 6 heteroatoms. The van der Waals surface area contributed by atoms with Gasteiger partial charge in [-0.1, -0.05) is 12.1 Å². The number of hydrogen-bond donors (Lipinski definition) is 0. The Kier molecular flexibility index (Phi) is 4.14. The van der Waals surface area contributed by atoms with Gasteiger partial charge in [-0.15, -0.1) is 13.2 Å². The van der Waals surface area contributed by atoms with Crippen LogP contribution in [0.4, 0.5) is 13.2 Å². The summed E-state index contributed by atoms with van der Waals surface area (Å²) in [5.41, 5.74) is 0.273. The molecule has 0 N–H and O–H groups in total. The Morgan fingerprint density at radius 3 is 2.50 bits per heavy atom. The molecule has 1 aromatic rings. The van der Waals surface area contributed by atoms with Gasteiger partial charge in [-0.25, -0.2) is 0 Å². The van der Waals surface area contributed by atoms with Crippen molar-refractivity contribution in [3.05, 3.63) is 29.8 Å². The summed E-state index contributed by atoms with van der Waals surface area (Å²) < 4.78 is 43.3. The summed E-state index contributed by atoms with van der Waals surface area (Å²) in [5.74, 6) is 0.246. The Morgan fingerprint density at radius 2 is 1.88 bits per heavy atom. The molecule has 0 aliphatic heterocycles. The third kappa shape index (κ3) is 4.19. The topological polar surface area (TPSA) is 42.2 Å². The molecule has 0 radical (unpaired) electrons. The van der Waals surface area contributed by atoms with E-state index in [0.717, 1.165) is 0 Å². The number of benzene rings is 1. The highest BCUT2D eigenvalue weighted by Gasteiger charge is 2.28. The quantitative estimate of drug-likeness (QED) is 0.747. The zero-order valence-corrected chi connectivity index (χ0v) is 8.12. The van der Waals surface area contributed by atoms with E-state index in [0.29, 0.717) is 0 Å². The van der Waals surface area contributed by atoms with Crippen molar-refractivity contribution < 1.29 is 22.6 Å². The lowest BCUT2D eigenvalue weighted by Gasteiger charge is -2.09. The first-order chi connectivity index (χ1) is 7.53. The zero-order valence-electron chi connectivity index (χ0n) is 8.12. The summed E-state index contributed by atoms with van der Waals surface area (Å²) in [6, 6.07) is 8.15. The Morgan fingerprint density at radius 1 is 1.19 bits per heavy atom. The van der Waals surface area contributed by atoms with E-state index >= 15 is 0 Å². The van der Waals surface area contributed by atoms with Crippen LogP contribution >= 0.6 is 0 Å². The molecule has 0 spiro atoms. The zero-order chi connectivity index (χ0) is 12.0. The first kappa shape index (κ1) is 12.3. The minimum Gasteiger partial charge on any atom is -0.490 e. The lowest BCUT2D eigenvalue weighted by atomic mass is 10.2. The van der Waals surface area contributed by atoms with E-state index in [1.165, 1.54) is 12.1 Å². The summed E-state index contributed by atoms with van der Waals surface area (Å²) in [6.07, 6.45) is -4.65. The third-order valence-electron chi connectivity index (χ3n) is 1.61. The van der Waals surface area contributed by atoms with Crippen LogP contribution in [0.3, 0.4) is 0 Å². The van der Waals surface area contributed by atoms with Crippen molar-refractivity contribution in [1.82, 2.24) is 0 Å². The van der Waals surface area contributed by atoms with Gasteiger partial charge in [0, 0.05) is 0 Å². The van der Waals surface area contributed by atoms with Gasteiger partial charge in [0.15, 0.2) is 0 Å². The highest BCUT2D eigenvalue weighted by molar-refractivity contribution is 5.42. The fraction of sp³-hybridized carbons (Fsp3) is 0.300. The van der Waals surface area contributed by atoms with Crippen molar-refractivity contribution in [3.8, 4) is 11.8 Å². The number of ether oxygens (including phenoxy) is 2. The summed E-state index contributed by atoms with van der Waals surface area (Å²) in [7, 11) is 0. The number of halogens is 3. The molecule has 0 saturated carbocycles. The molecule has 0 aliphatic carbocycles. The molecule has 0 aliphatic rings. The maximum absolute atomic E-state index is 11.6. The van der Waals surface area contributed by atoms with Crippen LogP contribution in [-0.4, -0.2) is 19.6 Å². The molecule has 0 fully saturated rings. The van der Waals surface area contributed by atoms with Gasteiger partial charge in [-0.3, -0.25) is 4.74 Å². The number of rotatable bonds is 4. The monoisotopic (exact) mass is 231 g/mol. The molecule has 1 aromatic carbocycles. The fourth-order valence-corrected chi connectivity index (χ4v) is 0.994. The Labute approximate surface area is 90.0 Å². The van der Waals surface area contributed by atoms with E-state index in [1.54, 1.807) is 12.1 Å². The summed E-state index contributed by atoms with van der Waals surface area (Å²) in [4.78, 5) is 0. The van der Waals surface area contributed by atoms with Crippen LogP contribution in [0.2, 0.25) is 0 Å². The number of para-hydroxylation sites is 1. The number of nitriles is 1. The predicted molar refractivity (Wildman–Crippen MR) is 48.7 cm³/mol. The van der Waals surface area contributed by atoms with Crippen LogP contribution in [0, 0.1) is 11.3 Å². The lowest BCUT2D eigenvalue weighted by Crippen LogP contribution is -2.18. The molecule has 1 rings (SSSR count). The largest absolute Gasteiger partial charge is 0.522 e. The second-order valence-electron chi connectivity index (χ2n) is 2.75. The first-order valence-corrected chi connectivity index (χ1v) is 4.35. The van der Waals surface area contributed by atoms with Crippen molar-refractivity contribution >= 4 is 0 Å². The standard InChI is InChI=1S/C10H8F3NO2/c11-10(12,13)16-6-5-15-9-4-2-1-3-8(9)7-14/h1-4H,5-6H2. The maximum atomic E-state index is 11.6. The van der Waals surface area contributed by atoms with Crippen molar-refractivity contribution in [2.75, 3.05) is 13.2 Å². The van der Waals surface area contributed by atoms with Crippen LogP contribution < -0.4 is 4.74 Å². The third-order valence-corrected chi connectivity index (χ3v) is 1.61. The summed E-state index contributed by atoms with van der Waals surface area (Å²) in [5, 5.41) is 8.66. The van der Waals surface area contributed by atoms with Gasteiger partial charge in [0.05, 0.1) is 12.2 Å². The van der Waals surface area contributed by atoms with Gasteiger partial charge in [0.25, 0.3) is 0 Å². The molecule has 0 amide bonds. The van der Waals surface area contributed by atoms with E-state index < -0.39 is 13.0 Å². The minimum atomic E-state index is -4.65. The molecule has 0 bridgehead atoms. The van der Waals surface area contributed by atoms with E-state index in [2.05, 4.69) is 4.74 Å². The number of nitrogens with zero attached hydrogens (tertiary/aromatic N) is 1. The molecule has 86 valence electrons. The van der Waals surface area contributed by atoms with Crippen LogP contribution in [0.1, 0.15) is 5.56 Å². The Hall–Kier alpha value is -1.74. The van der Waals surface area contributed by atoms with Crippen molar-refractivity contribution in [2.45, 2.75) is 6.36 Å². The Bertz CT molecular complexity index is 384. The molecule has 16 heavy (non-hydrogen) atoms. The molecule has 0 atom stereocenters. The van der Waals surface area contributed by atoms with Gasteiger partial charge in [-0.2, -0.15) is 5.26 Å². The van der Waals surface area contributed by atoms with E-state index in [-0.39, 0.29) is 17.9 Å². The molecule has 0 saturated heterocycles. The van der Waals surface area contributed by atoms with Gasteiger partial charge in [-0.05, 0) is 12.1 Å². The molecule has 3 nitrogen and oxygen atoms in total. The van der Waals surface area contributed by atoms with E-state index in [9.17, 15) is 13.2 Å². The second kappa shape index (κ2) is 5.37. The molecule has 0 heterocycles. The van der Waals surface area contributed by atoms with Gasteiger partial charge < -0.3 is 4.74 Å². The molecular formula is C10H8F3NO2. The average molecular weight is 231 g/mol. The fourth-order valence-electron chi connectivity index (χ4n) is 0.994. The highest BCUT2D eigenvalue weighted by Crippen LogP contribution is 2.18. The maximum Gasteiger partial charge on any atom is 0.522 e. The van der Waals surface area contributed by atoms with Gasteiger partial charge in [0.2, 0.25) is 0 Å². The average Bonchev–Trinajstić information content (AvgIpc) is 2.23. The van der Waals surface area contributed by atoms with E-state index in [1.807, 2.05) is 6.07 Å².